The van der Waals surface area contributed by atoms with Crippen molar-refractivity contribution in [2.75, 3.05) is 0 Å². The van der Waals surface area contributed by atoms with Crippen molar-refractivity contribution in [2.45, 2.75) is 13.1 Å². The van der Waals surface area contributed by atoms with Crippen molar-refractivity contribution in [3.05, 3.63) is 30.1 Å². The Labute approximate surface area is 81.4 Å². The van der Waals surface area contributed by atoms with Crippen molar-refractivity contribution >= 4 is 0 Å². The summed E-state index contributed by atoms with van der Waals surface area (Å²) in [6.45, 7) is 1.48. The number of hydrogen-bond donors (Lipinski definition) is 2. The SMILES string of the molecule is Cn1cc(CNCc2cnc[nH]2)nn1. The van der Waals surface area contributed by atoms with E-state index in [0.29, 0.717) is 6.54 Å². The molecular weight excluding hydrogens is 180 g/mol. The summed E-state index contributed by atoms with van der Waals surface area (Å²) in [4.78, 5) is 6.94. The second kappa shape index (κ2) is 4.01. The number of rotatable bonds is 4. The molecule has 0 aliphatic rings. The lowest BCUT2D eigenvalue weighted by Gasteiger charge is -1.98. The van der Waals surface area contributed by atoms with Gasteiger partial charge < -0.3 is 10.3 Å². The first-order chi connectivity index (χ1) is 6.84. The average Bonchev–Trinajstić information content (AvgIpc) is 2.77. The topological polar surface area (TPSA) is 71.4 Å². The fourth-order valence-electron chi connectivity index (χ4n) is 1.18. The molecule has 6 heteroatoms. The lowest BCUT2D eigenvalue weighted by atomic mass is 10.4. The summed E-state index contributed by atoms with van der Waals surface area (Å²) in [7, 11) is 1.85. The van der Waals surface area contributed by atoms with E-state index in [9.17, 15) is 0 Å². The fourth-order valence-corrected chi connectivity index (χ4v) is 1.18. The molecule has 0 aliphatic heterocycles. The molecule has 0 atom stereocenters. The summed E-state index contributed by atoms with van der Waals surface area (Å²) < 4.78 is 1.69. The summed E-state index contributed by atoms with van der Waals surface area (Å²) in [5, 5.41) is 11.0. The van der Waals surface area contributed by atoms with Crippen LogP contribution in [0.4, 0.5) is 0 Å². The third-order valence-corrected chi connectivity index (χ3v) is 1.83. The maximum Gasteiger partial charge on any atom is 0.0964 e. The van der Waals surface area contributed by atoms with E-state index in [4.69, 9.17) is 0 Å². The van der Waals surface area contributed by atoms with Crippen molar-refractivity contribution in [1.82, 2.24) is 30.3 Å². The molecule has 0 amide bonds. The molecule has 14 heavy (non-hydrogen) atoms. The van der Waals surface area contributed by atoms with Crippen molar-refractivity contribution in [3.63, 3.8) is 0 Å². The van der Waals surface area contributed by atoms with Gasteiger partial charge >= 0.3 is 0 Å². The number of hydrogen-bond acceptors (Lipinski definition) is 4. The fraction of sp³-hybridized carbons (Fsp3) is 0.375. The zero-order chi connectivity index (χ0) is 9.80. The molecule has 2 heterocycles. The van der Waals surface area contributed by atoms with E-state index in [0.717, 1.165) is 17.9 Å². The maximum absolute atomic E-state index is 3.96. The first kappa shape index (κ1) is 8.89. The molecule has 0 saturated heterocycles. The molecular formula is C8H12N6. The Morgan fingerprint density at radius 2 is 2.43 bits per heavy atom. The normalized spacial score (nSPS) is 10.6. The Morgan fingerprint density at radius 1 is 1.50 bits per heavy atom. The molecule has 0 bridgehead atoms. The minimum atomic E-state index is 0.715. The second-order valence-electron chi connectivity index (χ2n) is 3.06. The van der Waals surface area contributed by atoms with Gasteiger partial charge in [0.25, 0.3) is 0 Å². The van der Waals surface area contributed by atoms with Gasteiger partial charge in [-0.15, -0.1) is 5.10 Å². The first-order valence-electron chi connectivity index (χ1n) is 4.38. The number of aryl methyl sites for hydroxylation is 1. The minimum absolute atomic E-state index is 0.715. The van der Waals surface area contributed by atoms with Crippen LogP contribution in [0.25, 0.3) is 0 Å². The zero-order valence-corrected chi connectivity index (χ0v) is 7.94. The lowest BCUT2D eigenvalue weighted by Crippen LogP contribution is -2.13. The van der Waals surface area contributed by atoms with Crippen molar-refractivity contribution in [2.24, 2.45) is 7.05 Å². The molecule has 0 aromatic carbocycles. The van der Waals surface area contributed by atoms with Crippen LogP contribution in [0.5, 0.6) is 0 Å². The Morgan fingerprint density at radius 3 is 3.07 bits per heavy atom. The largest absolute Gasteiger partial charge is 0.347 e. The molecule has 6 nitrogen and oxygen atoms in total. The summed E-state index contributed by atoms with van der Waals surface area (Å²) in [6.07, 6.45) is 5.35. The van der Waals surface area contributed by atoms with Gasteiger partial charge in [-0.1, -0.05) is 5.21 Å². The van der Waals surface area contributed by atoms with Gasteiger partial charge in [0, 0.05) is 38.2 Å². The van der Waals surface area contributed by atoms with Crippen LogP contribution in [-0.2, 0) is 20.1 Å². The molecule has 2 rings (SSSR count). The van der Waals surface area contributed by atoms with Crippen molar-refractivity contribution < 1.29 is 0 Å². The highest BCUT2D eigenvalue weighted by molar-refractivity contribution is 4.95. The van der Waals surface area contributed by atoms with Gasteiger partial charge in [-0.3, -0.25) is 4.68 Å². The van der Waals surface area contributed by atoms with E-state index in [1.165, 1.54) is 0 Å². The van der Waals surface area contributed by atoms with Crippen molar-refractivity contribution in [1.29, 1.82) is 0 Å². The molecule has 0 unspecified atom stereocenters. The molecule has 0 fully saturated rings. The zero-order valence-electron chi connectivity index (χ0n) is 7.94. The Bertz CT molecular complexity index is 376. The van der Waals surface area contributed by atoms with E-state index in [2.05, 4.69) is 25.6 Å². The van der Waals surface area contributed by atoms with E-state index in [1.54, 1.807) is 17.2 Å². The Balaban J connectivity index is 1.78. The van der Waals surface area contributed by atoms with Gasteiger partial charge in [0.2, 0.25) is 0 Å². The summed E-state index contributed by atoms with van der Waals surface area (Å²) in [5.74, 6) is 0. The highest BCUT2D eigenvalue weighted by Gasteiger charge is 1.97. The van der Waals surface area contributed by atoms with Crippen LogP contribution in [0, 0.1) is 0 Å². The Hall–Kier alpha value is -1.69. The van der Waals surface area contributed by atoms with Crippen LogP contribution in [0.2, 0.25) is 0 Å². The van der Waals surface area contributed by atoms with Crippen LogP contribution in [0.1, 0.15) is 11.4 Å². The molecule has 0 spiro atoms. The van der Waals surface area contributed by atoms with Crippen LogP contribution in [-0.4, -0.2) is 25.0 Å². The van der Waals surface area contributed by atoms with Crippen LogP contribution in [0.15, 0.2) is 18.7 Å². The standard InChI is InChI=1S/C8H12N6/c1-14-5-8(12-13-14)4-9-2-7-3-10-6-11-7/h3,5-6,9H,2,4H2,1H3,(H,10,11). The van der Waals surface area contributed by atoms with Gasteiger partial charge in [0.1, 0.15) is 0 Å². The number of nitrogens with one attached hydrogen (secondary N) is 2. The molecule has 2 aromatic rings. The predicted octanol–water partition coefficient (Wildman–Crippen LogP) is -0.172. The van der Waals surface area contributed by atoms with E-state index < -0.39 is 0 Å². The molecule has 0 saturated carbocycles. The van der Waals surface area contributed by atoms with Crippen LogP contribution in [0.3, 0.4) is 0 Å². The molecule has 2 aromatic heterocycles. The van der Waals surface area contributed by atoms with Crippen LogP contribution < -0.4 is 5.32 Å². The van der Waals surface area contributed by atoms with E-state index in [-0.39, 0.29) is 0 Å². The van der Waals surface area contributed by atoms with Gasteiger partial charge in [0.15, 0.2) is 0 Å². The number of imidazole rings is 1. The highest BCUT2D eigenvalue weighted by Crippen LogP contribution is 1.93. The smallest absolute Gasteiger partial charge is 0.0964 e. The van der Waals surface area contributed by atoms with Crippen molar-refractivity contribution in [3.8, 4) is 0 Å². The number of aromatic nitrogens is 5. The maximum atomic E-state index is 3.96. The molecule has 0 radical (unpaired) electrons. The average molecular weight is 192 g/mol. The summed E-state index contributed by atoms with van der Waals surface area (Å²) >= 11 is 0. The summed E-state index contributed by atoms with van der Waals surface area (Å²) in [5.41, 5.74) is 2.00. The van der Waals surface area contributed by atoms with E-state index in [1.807, 2.05) is 13.2 Å². The number of nitrogens with zero attached hydrogens (tertiary/aromatic N) is 4. The first-order valence-corrected chi connectivity index (χ1v) is 4.38. The van der Waals surface area contributed by atoms with E-state index >= 15 is 0 Å². The molecule has 0 aliphatic carbocycles. The van der Waals surface area contributed by atoms with Gasteiger partial charge in [-0.25, -0.2) is 4.98 Å². The monoisotopic (exact) mass is 192 g/mol. The number of H-pyrrole nitrogens is 1. The molecule has 2 N–H and O–H groups in total. The highest BCUT2D eigenvalue weighted by atomic mass is 15.4. The quantitative estimate of drug-likeness (QED) is 0.705. The summed E-state index contributed by atoms with van der Waals surface area (Å²) in [6, 6.07) is 0. The van der Waals surface area contributed by atoms with Gasteiger partial charge in [-0.2, -0.15) is 0 Å². The third-order valence-electron chi connectivity index (χ3n) is 1.83. The minimum Gasteiger partial charge on any atom is -0.347 e. The van der Waals surface area contributed by atoms with Crippen LogP contribution >= 0.6 is 0 Å². The molecule has 74 valence electrons. The van der Waals surface area contributed by atoms with Gasteiger partial charge in [-0.05, 0) is 0 Å². The number of aromatic amines is 1. The Kier molecular flexibility index (Phi) is 2.55. The third kappa shape index (κ3) is 2.17. The second-order valence-corrected chi connectivity index (χ2v) is 3.06. The lowest BCUT2D eigenvalue weighted by molar-refractivity contribution is 0.665. The van der Waals surface area contributed by atoms with Gasteiger partial charge in [0.05, 0.1) is 12.0 Å². The predicted molar refractivity (Wildman–Crippen MR) is 50.1 cm³/mol.